The largest absolute Gasteiger partial charge is 0.491 e. The molecule has 32 heavy (non-hydrogen) atoms. The highest BCUT2D eigenvalue weighted by atomic mass is 16.5. The Kier molecular flexibility index (Phi) is 10.7. The van der Waals surface area contributed by atoms with Crippen LogP contribution in [0.15, 0.2) is 54.6 Å². The second-order valence-corrected chi connectivity index (χ2v) is 7.37. The van der Waals surface area contributed by atoms with Crippen molar-refractivity contribution in [3.8, 4) is 5.75 Å². The number of nitrogens with one attached hydrogen (secondary N) is 2. The zero-order chi connectivity index (χ0) is 23.2. The molecule has 0 unspecified atom stereocenters. The molecule has 0 saturated carbocycles. The van der Waals surface area contributed by atoms with Crippen molar-refractivity contribution in [2.75, 3.05) is 26.4 Å². The van der Waals surface area contributed by atoms with Gasteiger partial charge in [-0.15, -0.1) is 0 Å². The van der Waals surface area contributed by atoms with E-state index in [1.165, 1.54) is 0 Å². The topological polar surface area (TPSA) is 103 Å². The number of aldehydes is 1. The molecule has 0 aliphatic heterocycles. The summed E-state index contributed by atoms with van der Waals surface area (Å²) in [5, 5.41) is 5.37. The molecule has 0 aliphatic rings. The smallest absolute Gasteiger partial charge is 0.408 e. The molecule has 0 radical (unpaired) electrons. The lowest BCUT2D eigenvalue weighted by molar-refractivity contribution is -0.124. The number of hydrogen-bond acceptors (Lipinski definition) is 6. The van der Waals surface area contributed by atoms with Crippen molar-refractivity contribution in [1.29, 1.82) is 0 Å². The lowest BCUT2D eigenvalue weighted by Crippen LogP contribution is -2.50. The van der Waals surface area contributed by atoms with Crippen LogP contribution in [-0.2, 0) is 20.9 Å². The number of benzene rings is 2. The quantitative estimate of drug-likeness (QED) is 0.365. The highest BCUT2D eigenvalue weighted by molar-refractivity contribution is 5.85. The third kappa shape index (κ3) is 9.18. The van der Waals surface area contributed by atoms with Crippen molar-refractivity contribution in [2.24, 2.45) is 5.92 Å². The average Bonchev–Trinajstić information content (AvgIpc) is 2.81. The van der Waals surface area contributed by atoms with E-state index in [0.29, 0.717) is 37.7 Å². The maximum Gasteiger partial charge on any atom is 0.408 e. The van der Waals surface area contributed by atoms with Crippen LogP contribution in [0.1, 0.15) is 29.8 Å². The van der Waals surface area contributed by atoms with Crippen LogP contribution in [0.25, 0.3) is 0 Å². The van der Waals surface area contributed by atoms with E-state index in [-0.39, 0.29) is 18.4 Å². The van der Waals surface area contributed by atoms with E-state index >= 15 is 0 Å². The SMILES string of the molecule is CC(C)[C@H](NC(=O)OCc1ccccc1)C(=O)NCCOCCOc1ccc(C=O)cc1. The molecule has 0 bridgehead atoms. The number of carbonyl (C=O) groups excluding carboxylic acids is 3. The van der Waals surface area contributed by atoms with Crippen LogP contribution in [0.3, 0.4) is 0 Å². The molecule has 0 fully saturated rings. The number of hydrogen-bond donors (Lipinski definition) is 2. The number of rotatable bonds is 13. The summed E-state index contributed by atoms with van der Waals surface area (Å²) in [6.07, 6.45) is 0.131. The summed E-state index contributed by atoms with van der Waals surface area (Å²) >= 11 is 0. The molecule has 8 heteroatoms. The van der Waals surface area contributed by atoms with E-state index < -0.39 is 12.1 Å². The van der Waals surface area contributed by atoms with Gasteiger partial charge in [0.15, 0.2) is 0 Å². The molecular formula is C24H30N2O6. The summed E-state index contributed by atoms with van der Waals surface area (Å²) in [4.78, 5) is 35.1. The summed E-state index contributed by atoms with van der Waals surface area (Å²) in [7, 11) is 0. The Morgan fingerprint density at radius 1 is 0.969 bits per heavy atom. The zero-order valence-electron chi connectivity index (χ0n) is 18.4. The number of amides is 2. The Labute approximate surface area is 188 Å². The first-order valence-electron chi connectivity index (χ1n) is 10.5. The average molecular weight is 443 g/mol. The van der Waals surface area contributed by atoms with Gasteiger partial charge < -0.3 is 24.8 Å². The van der Waals surface area contributed by atoms with Gasteiger partial charge in [0.05, 0.1) is 13.2 Å². The Bertz CT molecular complexity index is 839. The fraction of sp³-hybridized carbons (Fsp3) is 0.375. The van der Waals surface area contributed by atoms with E-state index in [1.807, 2.05) is 44.2 Å². The molecule has 0 aliphatic carbocycles. The minimum Gasteiger partial charge on any atom is -0.491 e. The number of carbonyl (C=O) groups is 3. The fourth-order valence-electron chi connectivity index (χ4n) is 2.75. The van der Waals surface area contributed by atoms with E-state index in [9.17, 15) is 14.4 Å². The molecule has 1 atom stereocenters. The van der Waals surface area contributed by atoms with Crippen LogP contribution in [0, 0.1) is 5.92 Å². The Morgan fingerprint density at radius 2 is 1.69 bits per heavy atom. The Balaban J connectivity index is 1.61. The van der Waals surface area contributed by atoms with Crippen molar-refractivity contribution in [3.05, 3.63) is 65.7 Å². The number of ether oxygens (including phenoxy) is 3. The summed E-state index contributed by atoms with van der Waals surface area (Å²) in [5.74, 6) is 0.239. The first kappa shape index (κ1) is 24.9. The molecule has 2 N–H and O–H groups in total. The van der Waals surface area contributed by atoms with Crippen molar-refractivity contribution < 1.29 is 28.6 Å². The summed E-state index contributed by atoms with van der Waals surface area (Å²) < 4.78 is 16.2. The molecule has 0 spiro atoms. The minimum atomic E-state index is -0.712. The summed E-state index contributed by atoms with van der Waals surface area (Å²) in [6.45, 7) is 5.13. The van der Waals surface area contributed by atoms with E-state index in [2.05, 4.69) is 10.6 Å². The fourth-order valence-corrected chi connectivity index (χ4v) is 2.75. The Hall–Kier alpha value is -3.39. The van der Waals surface area contributed by atoms with Crippen LogP contribution in [0.2, 0.25) is 0 Å². The standard InChI is InChI=1S/C24H30N2O6/c1-18(2)22(26-24(29)32-17-20-6-4-3-5-7-20)23(28)25-12-13-30-14-15-31-21-10-8-19(16-27)9-11-21/h3-11,16,18,22H,12-15,17H2,1-2H3,(H,25,28)(H,26,29)/t22-/m0/s1. The van der Waals surface area contributed by atoms with Gasteiger partial charge in [-0.2, -0.15) is 0 Å². The summed E-state index contributed by atoms with van der Waals surface area (Å²) in [5.41, 5.74) is 1.45. The lowest BCUT2D eigenvalue weighted by Gasteiger charge is -2.21. The molecule has 2 aromatic carbocycles. The summed E-state index contributed by atoms with van der Waals surface area (Å²) in [6, 6.07) is 15.4. The van der Waals surface area contributed by atoms with Gasteiger partial charge in [0.25, 0.3) is 0 Å². The monoisotopic (exact) mass is 442 g/mol. The van der Waals surface area contributed by atoms with Gasteiger partial charge in [-0.05, 0) is 35.7 Å². The molecule has 0 saturated heterocycles. The van der Waals surface area contributed by atoms with Gasteiger partial charge in [-0.3, -0.25) is 9.59 Å². The van der Waals surface area contributed by atoms with Gasteiger partial charge in [-0.1, -0.05) is 44.2 Å². The first-order valence-corrected chi connectivity index (χ1v) is 10.5. The van der Waals surface area contributed by atoms with Crippen LogP contribution in [0.4, 0.5) is 4.79 Å². The predicted molar refractivity (Wildman–Crippen MR) is 120 cm³/mol. The molecule has 8 nitrogen and oxygen atoms in total. The highest BCUT2D eigenvalue weighted by Crippen LogP contribution is 2.10. The van der Waals surface area contributed by atoms with Gasteiger partial charge in [-0.25, -0.2) is 4.79 Å². The molecular weight excluding hydrogens is 412 g/mol. The van der Waals surface area contributed by atoms with Crippen molar-refractivity contribution >= 4 is 18.3 Å². The van der Waals surface area contributed by atoms with Crippen LogP contribution in [0.5, 0.6) is 5.75 Å². The maximum atomic E-state index is 12.4. The normalized spacial score (nSPS) is 11.5. The molecule has 172 valence electrons. The van der Waals surface area contributed by atoms with E-state index in [0.717, 1.165) is 11.8 Å². The molecule has 2 amide bonds. The molecule has 2 aromatic rings. The van der Waals surface area contributed by atoms with E-state index in [1.54, 1.807) is 24.3 Å². The highest BCUT2D eigenvalue weighted by Gasteiger charge is 2.24. The third-order valence-electron chi connectivity index (χ3n) is 4.49. The van der Waals surface area contributed by atoms with Crippen LogP contribution >= 0.6 is 0 Å². The van der Waals surface area contributed by atoms with Crippen molar-refractivity contribution in [2.45, 2.75) is 26.5 Å². The molecule has 2 rings (SSSR count). The second-order valence-electron chi connectivity index (χ2n) is 7.37. The maximum absolute atomic E-state index is 12.4. The zero-order valence-corrected chi connectivity index (χ0v) is 18.4. The first-order chi connectivity index (χ1) is 15.5. The number of alkyl carbamates (subject to hydrolysis) is 1. The van der Waals surface area contributed by atoms with Crippen LogP contribution < -0.4 is 15.4 Å². The van der Waals surface area contributed by atoms with Gasteiger partial charge >= 0.3 is 6.09 Å². The van der Waals surface area contributed by atoms with Gasteiger partial charge in [0.1, 0.15) is 31.3 Å². The van der Waals surface area contributed by atoms with Crippen molar-refractivity contribution in [1.82, 2.24) is 10.6 Å². The van der Waals surface area contributed by atoms with E-state index in [4.69, 9.17) is 14.2 Å². The Morgan fingerprint density at radius 3 is 2.34 bits per heavy atom. The van der Waals surface area contributed by atoms with Gasteiger partial charge in [0, 0.05) is 12.1 Å². The molecule has 0 heterocycles. The van der Waals surface area contributed by atoms with Crippen LogP contribution in [-0.4, -0.2) is 50.7 Å². The lowest BCUT2D eigenvalue weighted by atomic mass is 10.0. The molecule has 0 aromatic heterocycles. The minimum absolute atomic E-state index is 0.112. The van der Waals surface area contributed by atoms with Crippen molar-refractivity contribution in [3.63, 3.8) is 0 Å². The predicted octanol–water partition coefficient (Wildman–Crippen LogP) is 2.96. The second kappa shape index (κ2) is 13.8. The third-order valence-corrected chi connectivity index (χ3v) is 4.49. The van der Waals surface area contributed by atoms with Gasteiger partial charge in [0.2, 0.25) is 5.91 Å².